The molecule has 0 aliphatic carbocycles. The number of anilines is 1. The van der Waals surface area contributed by atoms with E-state index in [1.165, 1.54) is 30.3 Å². The highest BCUT2D eigenvalue weighted by Crippen LogP contribution is 2.35. The second-order valence-corrected chi connectivity index (χ2v) is 8.56. The Hall–Kier alpha value is -2.66. The first-order valence-electron chi connectivity index (χ1n) is 8.90. The normalized spacial score (nSPS) is 11.0. The number of rotatable bonds is 6. The third-order valence-corrected chi connectivity index (χ3v) is 5.36. The van der Waals surface area contributed by atoms with Crippen LogP contribution in [-0.4, -0.2) is 5.91 Å². The number of carbonyl (C=O) groups is 1. The third kappa shape index (κ3) is 6.41. The van der Waals surface area contributed by atoms with Crippen LogP contribution in [0.2, 0.25) is 5.02 Å². The zero-order chi connectivity index (χ0) is 22.4. The molecule has 31 heavy (non-hydrogen) atoms. The van der Waals surface area contributed by atoms with Gasteiger partial charge >= 0.3 is 0 Å². The molecule has 0 heterocycles. The number of nitrogens with zero attached hydrogens (tertiary/aromatic N) is 1. The number of benzene rings is 3. The topological polar surface area (TPSA) is 62.1 Å². The fourth-order valence-corrected chi connectivity index (χ4v) is 4.24. The first kappa shape index (κ1) is 23.0. The fourth-order valence-electron chi connectivity index (χ4n) is 2.66. The van der Waals surface area contributed by atoms with Crippen molar-refractivity contribution in [1.29, 1.82) is 5.26 Å². The second-order valence-electron chi connectivity index (χ2n) is 6.36. The number of halogens is 4. The van der Waals surface area contributed by atoms with Crippen molar-refractivity contribution < 1.29 is 13.9 Å². The fraction of sp³-hybridized carbons (Fsp3) is 0.0435. The Morgan fingerprint density at radius 1 is 1.16 bits per heavy atom. The van der Waals surface area contributed by atoms with Crippen molar-refractivity contribution in [3.63, 3.8) is 0 Å². The lowest BCUT2D eigenvalue weighted by Crippen LogP contribution is -2.13. The van der Waals surface area contributed by atoms with Gasteiger partial charge in [-0.15, -0.1) is 0 Å². The van der Waals surface area contributed by atoms with E-state index >= 15 is 0 Å². The highest BCUT2D eigenvalue weighted by molar-refractivity contribution is 9.11. The van der Waals surface area contributed by atoms with Gasteiger partial charge in [-0.1, -0.05) is 39.7 Å². The minimum absolute atomic E-state index is 0.137. The third-order valence-electron chi connectivity index (χ3n) is 4.08. The Balaban J connectivity index is 1.88. The quantitative estimate of drug-likeness (QED) is 0.256. The summed E-state index contributed by atoms with van der Waals surface area (Å²) in [6.07, 6.45) is 1.43. The van der Waals surface area contributed by atoms with Crippen molar-refractivity contribution in [2.75, 3.05) is 5.32 Å². The number of hydrogen-bond acceptors (Lipinski definition) is 3. The zero-order valence-electron chi connectivity index (χ0n) is 15.8. The molecule has 0 saturated carbocycles. The second kappa shape index (κ2) is 10.6. The summed E-state index contributed by atoms with van der Waals surface area (Å²) >= 11 is 12.9. The molecule has 156 valence electrons. The van der Waals surface area contributed by atoms with Crippen LogP contribution in [0.15, 0.2) is 75.2 Å². The summed E-state index contributed by atoms with van der Waals surface area (Å²) in [5, 5.41) is 12.7. The van der Waals surface area contributed by atoms with Crippen LogP contribution < -0.4 is 10.1 Å². The molecule has 3 aromatic rings. The first-order valence-corrected chi connectivity index (χ1v) is 10.9. The van der Waals surface area contributed by atoms with Gasteiger partial charge in [0.15, 0.2) is 0 Å². The van der Waals surface area contributed by atoms with Gasteiger partial charge in [0.1, 0.15) is 29.8 Å². The molecule has 1 amide bonds. The summed E-state index contributed by atoms with van der Waals surface area (Å²) in [5.41, 5.74) is 1.63. The molecule has 0 aliphatic heterocycles. The molecular formula is C23H14Br2ClFN2O2. The molecule has 0 aliphatic rings. The summed E-state index contributed by atoms with van der Waals surface area (Å²) in [6.45, 7) is 0.241. The molecule has 3 aromatic carbocycles. The molecule has 0 saturated heterocycles. The Morgan fingerprint density at radius 2 is 1.90 bits per heavy atom. The van der Waals surface area contributed by atoms with Crippen LogP contribution in [-0.2, 0) is 11.4 Å². The van der Waals surface area contributed by atoms with E-state index in [2.05, 4.69) is 37.2 Å². The maximum atomic E-state index is 13.1. The van der Waals surface area contributed by atoms with Gasteiger partial charge in [0.25, 0.3) is 5.91 Å². The van der Waals surface area contributed by atoms with Gasteiger partial charge in [0, 0.05) is 20.7 Å². The molecule has 1 N–H and O–H groups in total. The Morgan fingerprint density at radius 3 is 2.58 bits per heavy atom. The van der Waals surface area contributed by atoms with Crippen molar-refractivity contribution in [1.82, 2.24) is 0 Å². The largest absolute Gasteiger partial charge is 0.487 e. The van der Waals surface area contributed by atoms with Crippen molar-refractivity contribution in [2.45, 2.75) is 6.61 Å². The number of amides is 1. The molecule has 0 spiro atoms. The van der Waals surface area contributed by atoms with E-state index in [1.54, 1.807) is 24.3 Å². The van der Waals surface area contributed by atoms with Crippen molar-refractivity contribution in [3.8, 4) is 11.8 Å². The minimum Gasteiger partial charge on any atom is -0.487 e. The van der Waals surface area contributed by atoms with Crippen LogP contribution in [0.5, 0.6) is 5.75 Å². The van der Waals surface area contributed by atoms with Crippen LogP contribution in [0.1, 0.15) is 11.1 Å². The van der Waals surface area contributed by atoms with Crippen molar-refractivity contribution in [2.24, 2.45) is 0 Å². The van der Waals surface area contributed by atoms with Crippen LogP contribution in [0.4, 0.5) is 10.1 Å². The van der Waals surface area contributed by atoms with Gasteiger partial charge < -0.3 is 10.1 Å². The molecular weight excluding hydrogens is 551 g/mol. The van der Waals surface area contributed by atoms with Crippen LogP contribution in [0.25, 0.3) is 6.08 Å². The lowest BCUT2D eigenvalue weighted by atomic mass is 10.1. The maximum Gasteiger partial charge on any atom is 0.266 e. The molecule has 0 bridgehead atoms. The minimum atomic E-state index is -0.619. The summed E-state index contributed by atoms with van der Waals surface area (Å²) < 4.78 is 20.4. The zero-order valence-corrected chi connectivity index (χ0v) is 19.8. The van der Waals surface area contributed by atoms with Crippen LogP contribution in [0, 0.1) is 17.1 Å². The lowest BCUT2D eigenvalue weighted by Gasteiger charge is -2.13. The Kier molecular flexibility index (Phi) is 7.85. The average molecular weight is 565 g/mol. The molecule has 4 nitrogen and oxygen atoms in total. The van der Waals surface area contributed by atoms with Gasteiger partial charge in [0.2, 0.25) is 0 Å². The predicted molar refractivity (Wildman–Crippen MR) is 126 cm³/mol. The molecule has 3 rings (SSSR count). The van der Waals surface area contributed by atoms with E-state index in [0.717, 1.165) is 10.0 Å². The molecule has 0 radical (unpaired) electrons. The molecule has 0 unspecified atom stereocenters. The van der Waals surface area contributed by atoms with Gasteiger partial charge in [-0.25, -0.2) is 4.39 Å². The first-order chi connectivity index (χ1) is 14.9. The van der Waals surface area contributed by atoms with Gasteiger partial charge in [0.05, 0.1) is 4.47 Å². The molecule has 0 aromatic heterocycles. The summed E-state index contributed by atoms with van der Waals surface area (Å²) in [4.78, 5) is 12.6. The summed E-state index contributed by atoms with van der Waals surface area (Å²) in [5.74, 6) is -0.578. The van der Waals surface area contributed by atoms with Crippen LogP contribution in [0.3, 0.4) is 0 Å². The molecule has 0 atom stereocenters. The average Bonchev–Trinajstić information content (AvgIpc) is 2.72. The molecule has 0 fully saturated rings. The molecule has 8 heteroatoms. The smallest absolute Gasteiger partial charge is 0.266 e. The maximum absolute atomic E-state index is 13.1. The monoisotopic (exact) mass is 562 g/mol. The number of carbonyl (C=O) groups excluding carboxylic acids is 1. The van der Waals surface area contributed by atoms with E-state index in [-0.39, 0.29) is 12.2 Å². The highest BCUT2D eigenvalue weighted by Gasteiger charge is 2.14. The lowest BCUT2D eigenvalue weighted by molar-refractivity contribution is -0.112. The SMILES string of the molecule is N#C/C(=C\c1cc(Br)cc(Br)c1OCc1cccc(Cl)c1)C(=O)Nc1ccc(F)cc1. The number of hydrogen-bond donors (Lipinski definition) is 1. The summed E-state index contributed by atoms with van der Waals surface area (Å²) in [7, 11) is 0. The van der Waals surface area contributed by atoms with E-state index in [0.29, 0.717) is 26.5 Å². The van der Waals surface area contributed by atoms with Crippen LogP contribution >= 0.6 is 43.5 Å². The predicted octanol–water partition coefficient (Wildman–Crippen LogP) is 7.13. The highest BCUT2D eigenvalue weighted by atomic mass is 79.9. The van der Waals surface area contributed by atoms with Crippen molar-refractivity contribution in [3.05, 3.63) is 97.1 Å². The Bertz CT molecular complexity index is 1190. The summed E-state index contributed by atoms with van der Waals surface area (Å²) in [6, 6.07) is 18.0. The van der Waals surface area contributed by atoms with E-state index in [4.69, 9.17) is 16.3 Å². The number of nitriles is 1. The van der Waals surface area contributed by atoms with E-state index in [1.807, 2.05) is 18.2 Å². The van der Waals surface area contributed by atoms with Gasteiger partial charge in [-0.05, 0) is 76.1 Å². The van der Waals surface area contributed by atoms with Crippen molar-refractivity contribution >= 4 is 61.1 Å². The Labute approximate surface area is 200 Å². The van der Waals surface area contributed by atoms with E-state index in [9.17, 15) is 14.4 Å². The number of ether oxygens (including phenoxy) is 1. The number of nitrogens with one attached hydrogen (secondary N) is 1. The van der Waals surface area contributed by atoms with Gasteiger partial charge in [-0.3, -0.25) is 4.79 Å². The van der Waals surface area contributed by atoms with Gasteiger partial charge in [-0.2, -0.15) is 5.26 Å². The standard InChI is InChI=1S/C23H14Br2ClFN2O2/c24-17-10-15(9-16(12-28)23(30)29-20-6-4-19(27)5-7-20)22(21(25)11-17)31-13-14-2-1-3-18(26)8-14/h1-11H,13H2,(H,29,30)/b16-9+. The van der Waals surface area contributed by atoms with E-state index < -0.39 is 11.7 Å².